The Morgan fingerprint density at radius 2 is 1.60 bits per heavy atom. The summed E-state index contributed by atoms with van der Waals surface area (Å²) < 4.78 is 5.91. The quantitative estimate of drug-likeness (QED) is 0.0626. The number of thioether (sulfide) groups is 1. The summed E-state index contributed by atoms with van der Waals surface area (Å²) >= 11 is 1.03. The molecule has 0 saturated carbocycles. The first-order valence-corrected chi connectivity index (χ1v) is 16.5. The average Bonchev–Trinajstić information content (AvgIpc) is 2.97. The third-order valence-electron chi connectivity index (χ3n) is 7.54. The fraction of sp³-hybridized carbons (Fsp3) is 0.833. The maximum absolute atomic E-state index is 12.7. The normalized spacial score (nSPS) is 23.6. The molecule has 42 heavy (non-hydrogen) atoms. The molecule has 0 spiro atoms. The van der Waals surface area contributed by atoms with E-state index >= 15 is 0 Å². The van der Waals surface area contributed by atoms with E-state index in [0.717, 1.165) is 37.4 Å². The number of hydrogen-bond acceptors (Lipinski definition) is 9. The molecule has 1 rings (SSSR count). The minimum absolute atomic E-state index is 0.0988. The van der Waals surface area contributed by atoms with E-state index < -0.39 is 53.9 Å². The van der Waals surface area contributed by atoms with Gasteiger partial charge in [-0.05, 0) is 31.1 Å². The van der Waals surface area contributed by atoms with Gasteiger partial charge >= 0.3 is 5.97 Å². The molecule has 1 fully saturated rings. The second-order valence-corrected chi connectivity index (χ2v) is 12.4. The van der Waals surface area contributed by atoms with Gasteiger partial charge in [-0.15, -0.1) is 11.8 Å². The molecule has 6 atom stereocenters. The van der Waals surface area contributed by atoms with Crippen LogP contribution in [0.5, 0.6) is 0 Å². The van der Waals surface area contributed by atoms with Crippen LogP contribution in [-0.2, 0) is 19.1 Å². The predicted octanol–water partition coefficient (Wildman–Crippen LogP) is 2.63. The third-order valence-corrected chi connectivity index (χ3v) is 8.94. The van der Waals surface area contributed by atoms with Gasteiger partial charge in [0.05, 0.1) is 18.8 Å². The zero-order chi connectivity index (χ0) is 31.4. The van der Waals surface area contributed by atoms with Crippen molar-refractivity contribution in [3.63, 3.8) is 0 Å². The molecule has 0 bridgehead atoms. The SMILES string of the molecule is C=CC(=O)NCCCCCC(=O)N[C@H]1[C@H]([C@H](O)[C@H](O)CO)O[C@@](SCCCCCCCCCCCC)(C(=O)O)C[C@@H]1O. The molecule has 244 valence electrons. The molecule has 0 aromatic heterocycles. The molecule has 12 heteroatoms. The Morgan fingerprint density at radius 3 is 2.17 bits per heavy atom. The Morgan fingerprint density at radius 1 is 1.00 bits per heavy atom. The molecule has 11 nitrogen and oxygen atoms in total. The van der Waals surface area contributed by atoms with E-state index in [1.807, 2.05) is 0 Å². The molecule has 1 heterocycles. The number of aliphatic hydroxyl groups is 4. The summed E-state index contributed by atoms with van der Waals surface area (Å²) in [6.45, 7) is 5.21. The molecule has 1 aliphatic rings. The highest BCUT2D eigenvalue weighted by molar-refractivity contribution is 8.01. The largest absolute Gasteiger partial charge is 0.478 e. The number of rotatable bonds is 24. The molecule has 1 aliphatic heterocycles. The van der Waals surface area contributed by atoms with E-state index in [1.54, 1.807) is 0 Å². The van der Waals surface area contributed by atoms with Gasteiger partial charge in [0.2, 0.25) is 16.7 Å². The maximum Gasteiger partial charge on any atom is 0.346 e. The minimum atomic E-state index is -1.88. The van der Waals surface area contributed by atoms with Crippen LogP contribution in [0.2, 0.25) is 0 Å². The zero-order valence-electron chi connectivity index (χ0n) is 25.2. The van der Waals surface area contributed by atoms with Crippen molar-refractivity contribution >= 4 is 29.5 Å². The topological polar surface area (TPSA) is 186 Å². The molecule has 0 unspecified atom stereocenters. The van der Waals surface area contributed by atoms with E-state index in [4.69, 9.17) is 4.74 Å². The number of carboxylic acids is 1. The number of ether oxygens (including phenoxy) is 1. The van der Waals surface area contributed by atoms with Gasteiger partial charge in [-0.3, -0.25) is 9.59 Å². The molecule has 0 aliphatic carbocycles. The molecule has 0 aromatic carbocycles. The lowest BCUT2D eigenvalue weighted by atomic mass is 9.89. The number of hydrogen-bond donors (Lipinski definition) is 7. The Kier molecular flexibility index (Phi) is 20.0. The molecular weight excluding hydrogens is 564 g/mol. The van der Waals surface area contributed by atoms with Crippen LogP contribution in [-0.4, -0.2) is 97.6 Å². The molecule has 0 aromatic rings. The first-order chi connectivity index (χ1) is 20.1. The molecule has 7 N–H and O–H groups in total. The minimum Gasteiger partial charge on any atom is -0.478 e. The van der Waals surface area contributed by atoms with E-state index in [9.17, 15) is 39.9 Å². The van der Waals surface area contributed by atoms with Crippen LogP contribution in [0.15, 0.2) is 12.7 Å². The van der Waals surface area contributed by atoms with Crippen LogP contribution < -0.4 is 10.6 Å². The monoisotopic (exact) mass is 618 g/mol. The highest BCUT2D eigenvalue weighted by atomic mass is 32.2. The fourth-order valence-corrected chi connectivity index (χ4v) is 6.27. The number of amides is 2. The molecule has 1 saturated heterocycles. The first-order valence-electron chi connectivity index (χ1n) is 15.5. The summed E-state index contributed by atoms with van der Waals surface area (Å²) in [5, 5.41) is 56.6. The Bertz CT molecular complexity index is 803. The number of carboxylic acid groups (broad SMARTS) is 1. The number of nitrogens with one attached hydrogen (secondary N) is 2. The van der Waals surface area contributed by atoms with Crippen molar-refractivity contribution in [1.82, 2.24) is 10.6 Å². The lowest BCUT2D eigenvalue weighted by Crippen LogP contribution is -2.66. The third kappa shape index (κ3) is 14.2. The van der Waals surface area contributed by atoms with Gasteiger partial charge in [-0.25, -0.2) is 4.79 Å². The van der Waals surface area contributed by atoms with Crippen LogP contribution in [0.3, 0.4) is 0 Å². The zero-order valence-corrected chi connectivity index (χ0v) is 26.0. The van der Waals surface area contributed by atoms with E-state index in [2.05, 4.69) is 24.1 Å². The van der Waals surface area contributed by atoms with E-state index in [0.29, 0.717) is 31.6 Å². The number of aliphatic carboxylic acids is 1. The Hall–Kier alpha value is -1.70. The first kappa shape index (κ1) is 38.3. The number of carbonyl (C=O) groups excluding carboxylic acids is 2. The summed E-state index contributed by atoms with van der Waals surface area (Å²) in [6, 6.07) is -1.19. The van der Waals surface area contributed by atoms with Crippen molar-refractivity contribution in [3.8, 4) is 0 Å². The summed E-state index contributed by atoms with van der Waals surface area (Å²) in [5.41, 5.74) is 0. The van der Waals surface area contributed by atoms with Crippen molar-refractivity contribution in [2.45, 2.75) is 139 Å². The summed E-state index contributed by atoms with van der Waals surface area (Å²) in [7, 11) is 0. The van der Waals surface area contributed by atoms with Crippen LogP contribution in [0, 0.1) is 0 Å². The van der Waals surface area contributed by atoms with Gasteiger partial charge in [0, 0.05) is 19.4 Å². The van der Waals surface area contributed by atoms with Crippen LogP contribution in [0.25, 0.3) is 0 Å². The lowest BCUT2D eigenvalue weighted by molar-refractivity contribution is -0.205. The maximum atomic E-state index is 12.7. The molecule has 0 radical (unpaired) electrons. The van der Waals surface area contributed by atoms with E-state index in [1.165, 1.54) is 44.6 Å². The van der Waals surface area contributed by atoms with Crippen molar-refractivity contribution in [2.75, 3.05) is 18.9 Å². The highest BCUT2D eigenvalue weighted by Crippen LogP contribution is 2.41. The van der Waals surface area contributed by atoms with Gasteiger partial charge in [-0.2, -0.15) is 0 Å². The predicted molar refractivity (Wildman–Crippen MR) is 163 cm³/mol. The van der Waals surface area contributed by atoms with Crippen LogP contribution >= 0.6 is 11.8 Å². The van der Waals surface area contributed by atoms with E-state index in [-0.39, 0.29) is 18.7 Å². The van der Waals surface area contributed by atoms with Gasteiger partial charge in [0.1, 0.15) is 18.3 Å². The van der Waals surface area contributed by atoms with Gasteiger partial charge in [0.15, 0.2) is 0 Å². The van der Waals surface area contributed by atoms with Crippen LogP contribution in [0.4, 0.5) is 0 Å². The number of aliphatic hydroxyl groups excluding tert-OH is 4. The van der Waals surface area contributed by atoms with Crippen molar-refractivity contribution in [3.05, 3.63) is 12.7 Å². The van der Waals surface area contributed by atoms with Gasteiger partial charge in [0.25, 0.3) is 0 Å². The number of carbonyl (C=O) groups is 3. The standard InChI is InChI=1S/C30H54N2O9S/c1-3-5-6-7-8-9-10-11-12-16-19-42-30(29(39)40)20-22(34)26(28(41-30)27(38)23(35)21-33)32-25(37)17-14-13-15-18-31-24(36)4-2/h4,22-23,26-28,33-35,38H,2-3,5-21H2,1H3,(H,31,36)(H,32,37)(H,39,40)/t22-,23+,26+,27+,28+,30-/m0/s1. The summed E-state index contributed by atoms with van der Waals surface area (Å²) in [5.74, 6) is -1.56. The van der Waals surface area contributed by atoms with Crippen molar-refractivity contribution < 1.29 is 44.7 Å². The lowest BCUT2D eigenvalue weighted by Gasteiger charge is -2.46. The summed E-state index contributed by atoms with van der Waals surface area (Å²) in [6.07, 6.45) is 7.89. The summed E-state index contributed by atoms with van der Waals surface area (Å²) in [4.78, 5) is 34.4. The molecule has 2 amide bonds. The number of unbranched alkanes of at least 4 members (excludes halogenated alkanes) is 11. The molecular formula is C30H54N2O9S. The Balaban J connectivity index is 2.68. The Labute approximate surface area is 254 Å². The fourth-order valence-electron chi connectivity index (χ4n) is 5.00. The van der Waals surface area contributed by atoms with Gasteiger partial charge in [-0.1, -0.05) is 77.7 Å². The van der Waals surface area contributed by atoms with Gasteiger partial charge < -0.3 is 40.9 Å². The van der Waals surface area contributed by atoms with Crippen molar-refractivity contribution in [2.24, 2.45) is 0 Å². The second kappa shape index (κ2) is 21.9. The second-order valence-electron chi connectivity index (χ2n) is 11.1. The smallest absolute Gasteiger partial charge is 0.346 e. The van der Waals surface area contributed by atoms with Crippen LogP contribution in [0.1, 0.15) is 103 Å². The average molecular weight is 619 g/mol. The highest BCUT2D eigenvalue weighted by Gasteiger charge is 2.54. The van der Waals surface area contributed by atoms with Crippen molar-refractivity contribution in [1.29, 1.82) is 0 Å².